The van der Waals surface area contributed by atoms with Gasteiger partial charge in [-0.25, -0.2) is 5.01 Å². The molecule has 2 atom stereocenters. The molecule has 1 aromatic rings. The van der Waals surface area contributed by atoms with Crippen LogP contribution in [0, 0.1) is 0 Å². The van der Waals surface area contributed by atoms with Crippen molar-refractivity contribution in [1.29, 1.82) is 0 Å². The molecule has 84 valence electrons. The summed E-state index contributed by atoms with van der Waals surface area (Å²) < 4.78 is 12.3. The van der Waals surface area contributed by atoms with Crippen molar-refractivity contribution in [2.24, 2.45) is 12.9 Å². The molecule has 15 heavy (non-hydrogen) atoms. The second-order valence-corrected chi connectivity index (χ2v) is 3.66. The molecule has 0 spiro atoms. The first kappa shape index (κ1) is 10.6. The summed E-state index contributed by atoms with van der Waals surface area (Å²) in [6.45, 7) is 1.09. The number of morpholine rings is 1. The summed E-state index contributed by atoms with van der Waals surface area (Å²) in [6.07, 6.45) is 3.52. The van der Waals surface area contributed by atoms with E-state index in [1.54, 1.807) is 23.0 Å². The van der Waals surface area contributed by atoms with E-state index in [1.165, 1.54) is 0 Å². The van der Waals surface area contributed by atoms with Gasteiger partial charge in [0, 0.05) is 25.9 Å². The van der Waals surface area contributed by atoms with Crippen LogP contribution in [0.1, 0.15) is 11.6 Å². The average molecular weight is 212 g/mol. The summed E-state index contributed by atoms with van der Waals surface area (Å²) in [6, 6.07) is 0.0603. The van der Waals surface area contributed by atoms with E-state index in [0.717, 1.165) is 5.56 Å². The largest absolute Gasteiger partial charge is 0.354 e. The van der Waals surface area contributed by atoms with Crippen molar-refractivity contribution in [2.45, 2.75) is 12.3 Å². The lowest BCUT2D eigenvalue weighted by Gasteiger charge is -2.35. The fraction of sp³-hybridized carbons (Fsp3) is 0.667. The highest BCUT2D eigenvalue weighted by atomic mass is 16.7. The van der Waals surface area contributed by atoms with Crippen LogP contribution in [0.4, 0.5) is 0 Å². The summed E-state index contributed by atoms with van der Waals surface area (Å²) in [5.74, 6) is 5.92. The monoisotopic (exact) mass is 212 g/mol. The molecule has 2 heterocycles. The Balaban J connectivity index is 2.05. The Hall–Kier alpha value is -0.950. The standard InChI is InChI=1S/C9H16N4O2/c1-12-4-7(3-11-12)8-6-15-9(14-2)5-13(8)10/h3-4,8-9H,5-6,10H2,1-2H3. The number of methoxy groups -OCH3 is 1. The van der Waals surface area contributed by atoms with Gasteiger partial charge in [-0.3, -0.25) is 10.5 Å². The third-order valence-electron chi connectivity index (χ3n) is 2.57. The summed E-state index contributed by atoms with van der Waals surface area (Å²) >= 11 is 0. The van der Waals surface area contributed by atoms with E-state index < -0.39 is 0 Å². The van der Waals surface area contributed by atoms with Gasteiger partial charge < -0.3 is 9.47 Å². The van der Waals surface area contributed by atoms with Crippen molar-refractivity contribution < 1.29 is 9.47 Å². The summed E-state index contributed by atoms with van der Waals surface area (Å²) in [5, 5.41) is 5.84. The van der Waals surface area contributed by atoms with Crippen LogP contribution in [0.25, 0.3) is 0 Å². The molecule has 1 aliphatic heterocycles. The molecule has 0 bridgehead atoms. The molecular weight excluding hydrogens is 196 g/mol. The maximum Gasteiger partial charge on any atom is 0.171 e. The van der Waals surface area contributed by atoms with Gasteiger partial charge in [0.05, 0.1) is 25.4 Å². The van der Waals surface area contributed by atoms with E-state index in [1.807, 2.05) is 13.2 Å². The predicted molar refractivity (Wildman–Crippen MR) is 53.6 cm³/mol. The van der Waals surface area contributed by atoms with Crippen molar-refractivity contribution >= 4 is 0 Å². The highest BCUT2D eigenvalue weighted by molar-refractivity contribution is 5.11. The summed E-state index contributed by atoms with van der Waals surface area (Å²) in [5.41, 5.74) is 1.06. The van der Waals surface area contributed by atoms with Gasteiger partial charge in [-0.05, 0) is 0 Å². The minimum Gasteiger partial charge on any atom is -0.354 e. The van der Waals surface area contributed by atoms with Crippen LogP contribution in [0.15, 0.2) is 12.4 Å². The van der Waals surface area contributed by atoms with Crippen LogP contribution in [-0.2, 0) is 16.5 Å². The van der Waals surface area contributed by atoms with Gasteiger partial charge in [0.2, 0.25) is 0 Å². The van der Waals surface area contributed by atoms with Crippen LogP contribution >= 0.6 is 0 Å². The molecule has 6 heteroatoms. The zero-order valence-electron chi connectivity index (χ0n) is 8.96. The lowest BCUT2D eigenvalue weighted by molar-refractivity contribution is -0.183. The Morgan fingerprint density at radius 3 is 3.00 bits per heavy atom. The van der Waals surface area contributed by atoms with Gasteiger partial charge in [0.1, 0.15) is 0 Å². The minimum atomic E-state index is -0.233. The minimum absolute atomic E-state index is 0.0603. The molecule has 2 rings (SSSR count). The Bertz CT molecular complexity index is 328. The average Bonchev–Trinajstić information content (AvgIpc) is 2.64. The van der Waals surface area contributed by atoms with Crippen LogP contribution < -0.4 is 5.84 Å². The lowest BCUT2D eigenvalue weighted by Crippen LogP contribution is -2.48. The zero-order valence-corrected chi connectivity index (χ0v) is 8.96. The van der Waals surface area contributed by atoms with Crippen molar-refractivity contribution in [1.82, 2.24) is 14.8 Å². The molecule has 0 amide bonds. The van der Waals surface area contributed by atoms with Crippen LogP contribution in [0.2, 0.25) is 0 Å². The number of hydrazine groups is 1. The van der Waals surface area contributed by atoms with Gasteiger partial charge in [-0.2, -0.15) is 5.10 Å². The van der Waals surface area contributed by atoms with Crippen molar-refractivity contribution in [3.63, 3.8) is 0 Å². The maximum absolute atomic E-state index is 5.92. The van der Waals surface area contributed by atoms with Crippen LogP contribution in [0.3, 0.4) is 0 Å². The fourth-order valence-corrected chi connectivity index (χ4v) is 1.69. The summed E-state index contributed by atoms with van der Waals surface area (Å²) in [7, 11) is 3.49. The Morgan fingerprint density at radius 2 is 2.47 bits per heavy atom. The Morgan fingerprint density at radius 1 is 1.67 bits per heavy atom. The number of aryl methyl sites for hydroxylation is 1. The van der Waals surface area contributed by atoms with Gasteiger partial charge in [-0.15, -0.1) is 0 Å². The first-order valence-corrected chi connectivity index (χ1v) is 4.85. The number of hydrogen-bond acceptors (Lipinski definition) is 5. The predicted octanol–water partition coefficient (Wildman–Crippen LogP) is -0.360. The molecular formula is C9H16N4O2. The third kappa shape index (κ3) is 2.18. The van der Waals surface area contributed by atoms with Crippen molar-refractivity contribution in [3.8, 4) is 0 Å². The molecule has 2 unspecified atom stereocenters. The van der Waals surface area contributed by atoms with E-state index in [-0.39, 0.29) is 12.3 Å². The molecule has 2 N–H and O–H groups in total. The molecule has 6 nitrogen and oxygen atoms in total. The second-order valence-electron chi connectivity index (χ2n) is 3.66. The van der Waals surface area contributed by atoms with E-state index in [2.05, 4.69) is 5.10 Å². The number of nitrogens with zero attached hydrogens (tertiary/aromatic N) is 3. The topological polar surface area (TPSA) is 65.5 Å². The number of nitrogens with two attached hydrogens (primary N) is 1. The fourth-order valence-electron chi connectivity index (χ4n) is 1.69. The van der Waals surface area contributed by atoms with E-state index in [9.17, 15) is 0 Å². The Kier molecular flexibility index (Phi) is 3.01. The highest BCUT2D eigenvalue weighted by Gasteiger charge is 2.28. The smallest absolute Gasteiger partial charge is 0.171 e. The molecule has 0 aromatic carbocycles. The molecule has 0 radical (unpaired) electrons. The molecule has 0 saturated carbocycles. The molecule has 1 saturated heterocycles. The van der Waals surface area contributed by atoms with E-state index in [0.29, 0.717) is 13.2 Å². The maximum atomic E-state index is 5.92. The van der Waals surface area contributed by atoms with Gasteiger partial charge in [-0.1, -0.05) is 0 Å². The number of ether oxygens (including phenoxy) is 2. The Labute approximate surface area is 88.5 Å². The number of rotatable bonds is 2. The van der Waals surface area contributed by atoms with Crippen LogP contribution in [-0.4, -0.2) is 41.3 Å². The first-order valence-electron chi connectivity index (χ1n) is 4.85. The quantitative estimate of drug-likeness (QED) is 0.678. The number of aromatic nitrogens is 2. The first-order chi connectivity index (χ1) is 7.20. The lowest BCUT2D eigenvalue weighted by atomic mass is 10.1. The van der Waals surface area contributed by atoms with Crippen molar-refractivity contribution in [3.05, 3.63) is 18.0 Å². The molecule has 1 aromatic heterocycles. The van der Waals surface area contributed by atoms with E-state index >= 15 is 0 Å². The molecule has 0 aliphatic carbocycles. The SMILES string of the molecule is COC1CN(N)C(c2cnn(C)c2)CO1. The van der Waals surface area contributed by atoms with Gasteiger partial charge in [0.25, 0.3) is 0 Å². The highest BCUT2D eigenvalue weighted by Crippen LogP contribution is 2.22. The second kappa shape index (κ2) is 4.28. The number of hydrogen-bond donors (Lipinski definition) is 1. The zero-order chi connectivity index (χ0) is 10.8. The summed E-state index contributed by atoms with van der Waals surface area (Å²) in [4.78, 5) is 0. The van der Waals surface area contributed by atoms with Crippen LogP contribution in [0.5, 0.6) is 0 Å². The van der Waals surface area contributed by atoms with Gasteiger partial charge >= 0.3 is 0 Å². The van der Waals surface area contributed by atoms with E-state index in [4.69, 9.17) is 15.3 Å². The van der Waals surface area contributed by atoms with Crippen molar-refractivity contribution in [2.75, 3.05) is 20.3 Å². The van der Waals surface area contributed by atoms with Gasteiger partial charge in [0.15, 0.2) is 6.29 Å². The normalized spacial score (nSPS) is 28.2. The third-order valence-corrected chi connectivity index (χ3v) is 2.57. The molecule has 1 fully saturated rings. The molecule has 1 aliphatic rings.